The lowest BCUT2D eigenvalue weighted by molar-refractivity contribution is -0.153. The largest absolute Gasteiger partial charge is 0.508 e. The molecule has 4 atom stereocenters. The third-order valence-electron chi connectivity index (χ3n) is 8.08. The molecule has 1 aromatic carbocycles. The second-order valence-electron chi connectivity index (χ2n) is 10.4. The molecule has 1 fully saturated rings. The van der Waals surface area contributed by atoms with Gasteiger partial charge >= 0.3 is 0 Å². The van der Waals surface area contributed by atoms with Crippen LogP contribution in [0.4, 0.5) is 0 Å². The van der Waals surface area contributed by atoms with Crippen LogP contribution in [0.25, 0.3) is 5.76 Å². The summed E-state index contributed by atoms with van der Waals surface area (Å²) < 4.78 is 3.95. The lowest BCUT2D eigenvalue weighted by atomic mass is 9.57. The number of phenolic OH excluding ortho intramolecular Hbond substituents is 1. The molecule has 0 spiro atoms. The molecular formula is C27H27N3O8S. The van der Waals surface area contributed by atoms with Crippen molar-refractivity contribution in [2.24, 2.45) is 17.6 Å². The number of amides is 1. The van der Waals surface area contributed by atoms with E-state index in [1.807, 2.05) is 0 Å². The van der Waals surface area contributed by atoms with Gasteiger partial charge in [-0.2, -0.15) is 0 Å². The Bertz CT molecular complexity index is 1490. The molecule has 0 aliphatic heterocycles. The predicted octanol–water partition coefficient (Wildman–Crippen LogP) is 1.24. The van der Waals surface area contributed by atoms with Gasteiger partial charge in [-0.25, -0.2) is 4.37 Å². The van der Waals surface area contributed by atoms with Crippen molar-refractivity contribution >= 4 is 40.5 Å². The highest BCUT2D eigenvalue weighted by molar-refractivity contribution is 7.03. The van der Waals surface area contributed by atoms with Crippen LogP contribution in [0.3, 0.4) is 0 Å². The molecule has 3 aliphatic rings. The average Bonchev–Trinajstić information content (AvgIpc) is 3.40. The molecule has 1 heterocycles. The van der Waals surface area contributed by atoms with Crippen molar-refractivity contribution in [3.8, 4) is 5.75 Å². The van der Waals surface area contributed by atoms with E-state index >= 15 is 0 Å². The molecule has 39 heavy (non-hydrogen) atoms. The van der Waals surface area contributed by atoms with Crippen LogP contribution in [0, 0.1) is 11.8 Å². The van der Waals surface area contributed by atoms with E-state index in [1.165, 1.54) is 28.7 Å². The molecule has 3 aliphatic carbocycles. The number of ketones is 3. The first-order valence-electron chi connectivity index (χ1n) is 12.3. The van der Waals surface area contributed by atoms with Gasteiger partial charge in [-0.1, -0.05) is 6.07 Å². The number of phenols is 1. The number of aromatic hydroxyl groups is 1. The number of hydrogen-bond donors (Lipinski definition) is 5. The van der Waals surface area contributed by atoms with Crippen LogP contribution < -0.4 is 5.73 Å². The number of nitrogens with two attached hydrogens (primary N) is 1. The first kappa shape index (κ1) is 26.7. The van der Waals surface area contributed by atoms with Crippen LogP contribution in [0.1, 0.15) is 39.9 Å². The third kappa shape index (κ3) is 3.89. The molecule has 6 N–H and O–H groups in total. The Hall–Kier alpha value is -3.87. The second-order valence-corrected chi connectivity index (χ2v) is 11.1. The third-order valence-corrected chi connectivity index (χ3v) is 8.66. The van der Waals surface area contributed by atoms with E-state index in [4.69, 9.17) is 5.73 Å². The summed E-state index contributed by atoms with van der Waals surface area (Å²) in [4.78, 5) is 53.1. The second kappa shape index (κ2) is 9.40. The van der Waals surface area contributed by atoms with Gasteiger partial charge in [-0.15, -0.1) is 0 Å². The Balaban J connectivity index is 1.61. The van der Waals surface area contributed by atoms with Crippen LogP contribution >= 0.6 is 11.5 Å². The Labute approximate surface area is 227 Å². The van der Waals surface area contributed by atoms with Crippen molar-refractivity contribution in [1.82, 2.24) is 9.27 Å². The van der Waals surface area contributed by atoms with Crippen molar-refractivity contribution in [2.45, 2.75) is 37.3 Å². The molecule has 5 rings (SSSR count). The van der Waals surface area contributed by atoms with E-state index in [2.05, 4.69) is 4.37 Å². The summed E-state index contributed by atoms with van der Waals surface area (Å²) in [7, 11) is 3.09. The summed E-state index contributed by atoms with van der Waals surface area (Å²) in [6.07, 6.45) is 2.13. The minimum Gasteiger partial charge on any atom is -0.508 e. The first-order chi connectivity index (χ1) is 18.4. The molecule has 4 unspecified atom stereocenters. The number of fused-ring (bicyclic) bond motifs is 3. The average molecular weight is 554 g/mol. The standard InChI is InChI=1S/C27H27N3O8S/c1-30(2)21-15-8-12-7-14-11(3-5-16(31)13-9-29-39-10-13)4-6-17(32)19(14)22(33)18(12)24(35)27(15,38)25(36)20(23(21)34)26(28)37/h4,6,9-10,12,15,21,32-33,36,38H,3,5,7-8H2,1-2H3,(H2,28,37). The number of aryl methyl sites for hydroxylation is 1. The van der Waals surface area contributed by atoms with Gasteiger partial charge in [0, 0.05) is 28.9 Å². The number of rotatable bonds is 6. The van der Waals surface area contributed by atoms with Gasteiger partial charge in [0.1, 0.15) is 22.8 Å². The van der Waals surface area contributed by atoms with Crippen molar-refractivity contribution < 1.29 is 39.6 Å². The SMILES string of the molecule is CN(C)C1C(=O)C(C(N)=O)=C(O)C2(O)C(=O)C3=C(O)c4c(O)ccc(CCC(=O)c5cnsc5)c4CC3CC12. The molecule has 204 valence electrons. The number of Topliss-reactive ketones (excluding diaryl/α,β-unsaturated/α-hetero) is 3. The molecule has 0 bridgehead atoms. The van der Waals surface area contributed by atoms with Crippen LogP contribution in [-0.2, 0) is 27.2 Å². The van der Waals surface area contributed by atoms with Gasteiger partial charge in [0.25, 0.3) is 5.91 Å². The number of carbonyl (C=O) groups is 4. The minimum absolute atomic E-state index is 0.000359. The highest BCUT2D eigenvalue weighted by Crippen LogP contribution is 2.53. The number of likely N-dealkylation sites (N-methyl/N-ethyl adjacent to an activating group) is 1. The summed E-state index contributed by atoms with van der Waals surface area (Å²) >= 11 is 1.17. The maximum atomic E-state index is 13.9. The number of aromatic nitrogens is 1. The van der Waals surface area contributed by atoms with Gasteiger partial charge in [0.15, 0.2) is 17.2 Å². The molecule has 1 aromatic heterocycles. The normalized spacial score (nSPS) is 26.4. The van der Waals surface area contributed by atoms with Crippen molar-refractivity contribution in [3.05, 3.63) is 62.9 Å². The molecule has 12 heteroatoms. The van der Waals surface area contributed by atoms with E-state index in [0.717, 1.165) is 0 Å². The van der Waals surface area contributed by atoms with E-state index in [-0.39, 0.29) is 41.9 Å². The Morgan fingerprint density at radius 2 is 1.92 bits per heavy atom. The number of hydrogen-bond acceptors (Lipinski definition) is 11. The molecular weight excluding hydrogens is 526 g/mol. The summed E-state index contributed by atoms with van der Waals surface area (Å²) in [5, 5.41) is 46.2. The summed E-state index contributed by atoms with van der Waals surface area (Å²) in [5.74, 6) is -7.06. The smallest absolute Gasteiger partial charge is 0.255 e. The van der Waals surface area contributed by atoms with Crippen molar-refractivity contribution in [2.75, 3.05) is 14.1 Å². The number of nitrogens with zero attached hydrogens (tertiary/aromatic N) is 2. The lowest BCUT2D eigenvalue weighted by Gasteiger charge is -2.50. The van der Waals surface area contributed by atoms with Crippen LogP contribution in [0.5, 0.6) is 5.75 Å². The van der Waals surface area contributed by atoms with Crippen molar-refractivity contribution in [1.29, 1.82) is 0 Å². The van der Waals surface area contributed by atoms with E-state index in [9.17, 15) is 39.6 Å². The number of carbonyl (C=O) groups excluding carboxylic acids is 4. The zero-order valence-electron chi connectivity index (χ0n) is 21.2. The Morgan fingerprint density at radius 3 is 2.54 bits per heavy atom. The minimum atomic E-state index is -2.68. The summed E-state index contributed by atoms with van der Waals surface area (Å²) in [5.41, 5.74) is 3.34. The fourth-order valence-electron chi connectivity index (χ4n) is 6.28. The number of benzene rings is 1. The molecule has 1 amide bonds. The summed E-state index contributed by atoms with van der Waals surface area (Å²) in [6, 6.07) is 1.87. The van der Waals surface area contributed by atoms with Gasteiger partial charge in [-0.05, 0) is 68.0 Å². The zero-order valence-corrected chi connectivity index (χ0v) is 22.0. The highest BCUT2D eigenvalue weighted by Gasteiger charge is 2.64. The van der Waals surface area contributed by atoms with E-state index < -0.39 is 58.0 Å². The fraction of sp³-hybridized carbons (Fsp3) is 0.370. The maximum Gasteiger partial charge on any atom is 0.255 e. The topological polar surface area (TPSA) is 191 Å². The van der Waals surface area contributed by atoms with Gasteiger partial charge < -0.3 is 26.2 Å². The van der Waals surface area contributed by atoms with Crippen LogP contribution in [-0.4, -0.2) is 78.7 Å². The molecule has 0 saturated heterocycles. The zero-order chi connectivity index (χ0) is 28.4. The first-order valence-corrected chi connectivity index (χ1v) is 13.1. The number of aliphatic hydroxyl groups is 3. The lowest BCUT2D eigenvalue weighted by Crippen LogP contribution is -2.65. The van der Waals surface area contributed by atoms with Crippen LogP contribution in [0.2, 0.25) is 0 Å². The Kier molecular flexibility index (Phi) is 6.44. The van der Waals surface area contributed by atoms with Gasteiger partial charge in [0.2, 0.25) is 5.78 Å². The molecule has 0 radical (unpaired) electrons. The number of primary amides is 1. The fourth-order valence-corrected chi connectivity index (χ4v) is 6.82. The van der Waals surface area contributed by atoms with Gasteiger partial charge in [0.05, 0.1) is 17.8 Å². The van der Waals surface area contributed by atoms with E-state index in [1.54, 1.807) is 25.5 Å². The maximum absolute atomic E-state index is 13.9. The predicted molar refractivity (Wildman–Crippen MR) is 139 cm³/mol. The highest BCUT2D eigenvalue weighted by atomic mass is 32.1. The Morgan fingerprint density at radius 1 is 1.21 bits per heavy atom. The van der Waals surface area contributed by atoms with Crippen LogP contribution in [0.15, 0.2) is 40.6 Å². The van der Waals surface area contributed by atoms with E-state index in [0.29, 0.717) is 23.1 Å². The summed E-state index contributed by atoms with van der Waals surface area (Å²) in [6.45, 7) is 0. The monoisotopic (exact) mass is 553 g/mol. The van der Waals surface area contributed by atoms with Gasteiger partial charge in [-0.3, -0.25) is 24.1 Å². The quantitative estimate of drug-likeness (QED) is 0.257. The molecule has 1 saturated carbocycles. The number of aliphatic hydroxyl groups excluding tert-OH is 2. The van der Waals surface area contributed by atoms with Crippen molar-refractivity contribution in [3.63, 3.8) is 0 Å². The molecule has 2 aromatic rings. The molecule has 11 nitrogen and oxygen atoms in total.